The first-order chi connectivity index (χ1) is 23.1. The number of benzene rings is 2. The number of anilines is 4. The summed E-state index contributed by atoms with van der Waals surface area (Å²) >= 11 is 12.3. The van der Waals surface area contributed by atoms with Crippen molar-refractivity contribution >= 4 is 68.3 Å². The minimum Gasteiger partial charge on any atom is -0.464 e. The highest BCUT2D eigenvalue weighted by Crippen LogP contribution is 2.37. The van der Waals surface area contributed by atoms with Crippen LogP contribution in [0.5, 0.6) is 0 Å². The van der Waals surface area contributed by atoms with Gasteiger partial charge in [0.15, 0.2) is 0 Å². The van der Waals surface area contributed by atoms with E-state index in [1.165, 1.54) is 18.2 Å². The SMILES string of the molecule is CCCCOC(=O)CN(c1ccc2c(c1)CCN2c1nccc(N(CCN(C)C)CC(=O)OC(C)(C)C)n1)S(=O)(=O)c1cc(Cl)cc(Cl)c1. The summed E-state index contributed by atoms with van der Waals surface area (Å²) in [5.41, 5.74) is 1.30. The Labute approximate surface area is 299 Å². The van der Waals surface area contributed by atoms with E-state index in [-0.39, 0.29) is 39.7 Å². The van der Waals surface area contributed by atoms with E-state index in [0.717, 1.165) is 22.0 Å². The normalized spacial score (nSPS) is 13.0. The number of unbranched alkanes of at least 4 members (excludes halogenated alkanes) is 1. The molecule has 0 bridgehead atoms. The molecule has 1 aliphatic heterocycles. The Morgan fingerprint density at radius 2 is 1.69 bits per heavy atom. The molecule has 12 nitrogen and oxygen atoms in total. The third kappa shape index (κ3) is 10.4. The number of fused-ring (bicyclic) bond motifs is 1. The van der Waals surface area contributed by atoms with Crippen LogP contribution in [0.2, 0.25) is 10.0 Å². The number of rotatable bonds is 15. The van der Waals surface area contributed by atoms with E-state index in [4.69, 9.17) is 37.7 Å². The molecule has 0 amide bonds. The lowest BCUT2D eigenvalue weighted by Crippen LogP contribution is -2.39. The molecule has 49 heavy (non-hydrogen) atoms. The molecule has 0 fully saturated rings. The average molecular weight is 736 g/mol. The van der Waals surface area contributed by atoms with Crippen molar-refractivity contribution in [3.05, 3.63) is 64.3 Å². The smallest absolute Gasteiger partial charge is 0.326 e. The lowest BCUT2D eigenvalue weighted by Gasteiger charge is -2.28. The van der Waals surface area contributed by atoms with Crippen LogP contribution in [0, 0.1) is 0 Å². The maximum Gasteiger partial charge on any atom is 0.326 e. The third-order valence-corrected chi connectivity index (χ3v) is 9.64. The van der Waals surface area contributed by atoms with Crippen LogP contribution in [0.25, 0.3) is 0 Å². The number of carbonyl (C=O) groups is 2. The van der Waals surface area contributed by atoms with Crippen LogP contribution in [0.15, 0.2) is 53.6 Å². The van der Waals surface area contributed by atoms with Gasteiger partial charge < -0.3 is 24.2 Å². The van der Waals surface area contributed by atoms with E-state index in [9.17, 15) is 18.0 Å². The monoisotopic (exact) mass is 734 g/mol. The van der Waals surface area contributed by atoms with Crippen LogP contribution in [0.4, 0.5) is 23.1 Å². The lowest BCUT2D eigenvalue weighted by atomic mass is 10.1. The fourth-order valence-corrected chi connectivity index (χ4v) is 7.26. The molecule has 0 N–H and O–H groups in total. The van der Waals surface area contributed by atoms with Crippen molar-refractivity contribution in [2.75, 3.05) is 67.5 Å². The fourth-order valence-electron chi connectivity index (χ4n) is 5.13. The highest BCUT2D eigenvalue weighted by molar-refractivity contribution is 7.92. The number of likely N-dealkylation sites (N-methyl/N-ethyl adjacent to an activating group) is 1. The zero-order chi connectivity index (χ0) is 35.9. The van der Waals surface area contributed by atoms with Gasteiger partial charge in [-0.15, -0.1) is 0 Å². The van der Waals surface area contributed by atoms with Crippen LogP contribution in [-0.2, 0) is 35.5 Å². The van der Waals surface area contributed by atoms with Crippen molar-refractivity contribution in [1.82, 2.24) is 14.9 Å². The van der Waals surface area contributed by atoms with Crippen molar-refractivity contribution in [2.24, 2.45) is 0 Å². The van der Waals surface area contributed by atoms with Crippen molar-refractivity contribution in [3.63, 3.8) is 0 Å². The molecule has 0 aliphatic carbocycles. The summed E-state index contributed by atoms with van der Waals surface area (Å²) in [5, 5.41) is 0.296. The van der Waals surface area contributed by atoms with E-state index < -0.39 is 28.1 Å². The Bertz CT molecular complexity index is 1730. The minimum absolute atomic E-state index is 0.0184. The maximum absolute atomic E-state index is 14.0. The number of esters is 2. The van der Waals surface area contributed by atoms with Crippen molar-refractivity contribution in [2.45, 2.75) is 57.5 Å². The molecule has 0 atom stereocenters. The van der Waals surface area contributed by atoms with Gasteiger partial charge in [-0.1, -0.05) is 36.5 Å². The molecule has 1 aromatic heterocycles. The molecule has 0 saturated carbocycles. The lowest BCUT2D eigenvalue weighted by molar-refractivity contribution is -0.153. The number of sulfonamides is 1. The van der Waals surface area contributed by atoms with Gasteiger partial charge in [-0.3, -0.25) is 13.9 Å². The van der Waals surface area contributed by atoms with Gasteiger partial charge in [0.05, 0.1) is 17.2 Å². The molecule has 15 heteroatoms. The van der Waals surface area contributed by atoms with Crippen molar-refractivity contribution in [3.8, 4) is 0 Å². The standard InChI is InChI=1S/C34H44Cl2N6O6S/c1-7-8-17-47-31(43)23-42(49(45,46)28-20-25(35)19-26(36)21-28)27-9-10-29-24(18-27)12-14-41(29)33-37-13-11-30(38-33)40(16-15-39(5)6)22-32(44)48-34(2,3)4/h9-11,13,18-21H,7-8,12,14-17,22-23H2,1-6H3. The second kappa shape index (κ2) is 16.4. The molecule has 0 unspecified atom stereocenters. The van der Waals surface area contributed by atoms with E-state index in [0.29, 0.717) is 44.2 Å². The summed E-state index contributed by atoms with van der Waals surface area (Å²) < 4.78 is 39.9. The summed E-state index contributed by atoms with van der Waals surface area (Å²) in [5.74, 6) is -0.0376. The van der Waals surface area contributed by atoms with Gasteiger partial charge in [0.25, 0.3) is 10.0 Å². The summed E-state index contributed by atoms with van der Waals surface area (Å²) in [6, 6.07) is 10.9. The topological polar surface area (TPSA) is 125 Å². The predicted molar refractivity (Wildman–Crippen MR) is 193 cm³/mol. The number of hydrogen-bond acceptors (Lipinski definition) is 11. The van der Waals surface area contributed by atoms with Gasteiger partial charge in [-0.05, 0) is 95.7 Å². The average Bonchev–Trinajstić information content (AvgIpc) is 3.44. The van der Waals surface area contributed by atoms with Gasteiger partial charge >= 0.3 is 11.9 Å². The zero-order valence-corrected chi connectivity index (χ0v) is 31.1. The highest BCUT2D eigenvalue weighted by atomic mass is 35.5. The van der Waals surface area contributed by atoms with Gasteiger partial charge in [0.2, 0.25) is 5.95 Å². The third-order valence-electron chi connectivity index (χ3n) is 7.46. The first kappa shape index (κ1) is 38.2. The summed E-state index contributed by atoms with van der Waals surface area (Å²) in [7, 11) is -0.364. The molecule has 2 heterocycles. The van der Waals surface area contributed by atoms with Crippen LogP contribution in [-0.4, -0.2) is 94.3 Å². The van der Waals surface area contributed by atoms with E-state index >= 15 is 0 Å². The minimum atomic E-state index is -4.28. The van der Waals surface area contributed by atoms with E-state index in [1.807, 2.05) is 56.5 Å². The summed E-state index contributed by atoms with van der Waals surface area (Å²) in [6.45, 7) is 8.87. The van der Waals surface area contributed by atoms with Gasteiger partial charge in [0, 0.05) is 41.6 Å². The highest BCUT2D eigenvalue weighted by Gasteiger charge is 2.31. The number of halogens is 2. The molecule has 1 aliphatic rings. The fraction of sp³-hybridized carbons (Fsp3) is 0.471. The first-order valence-corrected chi connectivity index (χ1v) is 18.3. The molecule has 0 radical (unpaired) electrons. The number of aromatic nitrogens is 2. The molecule has 2 aromatic carbocycles. The maximum atomic E-state index is 14.0. The number of carbonyl (C=O) groups excluding carboxylic acids is 2. The van der Waals surface area contributed by atoms with Gasteiger partial charge in [-0.25, -0.2) is 13.4 Å². The van der Waals surface area contributed by atoms with Crippen LogP contribution < -0.4 is 14.1 Å². The molecule has 266 valence electrons. The second-order valence-corrected chi connectivity index (χ2v) is 15.7. The van der Waals surface area contributed by atoms with Crippen LogP contribution in [0.3, 0.4) is 0 Å². The van der Waals surface area contributed by atoms with Gasteiger partial charge in [0.1, 0.15) is 24.5 Å². The summed E-state index contributed by atoms with van der Waals surface area (Å²) in [4.78, 5) is 40.7. The number of nitrogens with zero attached hydrogens (tertiary/aromatic N) is 6. The zero-order valence-electron chi connectivity index (χ0n) is 28.8. The van der Waals surface area contributed by atoms with Crippen LogP contribution >= 0.6 is 23.2 Å². The van der Waals surface area contributed by atoms with E-state index in [1.54, 1.807) is 30.5 Å². The molecular weight excluding hydrogens is 691 g/mol. The summed E-state index contributed by atoms with van der Waals surface area (Å²) in [6.07, 6.45) is 3.70. The Kier molecular flexibility index (Phi) is 12.7. The van der Waals surface area contributed by atoms with Crippen LogP contribution in [0.1, 0.15) is 46.1 Å². The quantitative estimate of drug-likeness (QED) is 0.141. The Hall–Kier alpha value is -3.65. The molecular formula is C34H44Cl2N6O6S. The first-order valence-electron chi connectivity index (χ1n) is 16.1. The van der Waals surface area contributed by atoms with Crippen molar-refractivity contribution < 1.29 is 27.5 Å². The number of hydrogen-bond donors (Lipinski definition) is 0. The molecule has 0 spiro atoms. The predicted octanol–water partition coefficient (Wildman–Crippen LogP) is 5.73. The molecule has 4 rings (SSSR count). The Morgan fingerprint density at radius 3 is 2.35 bits per heavy atom. The number of ether oxygens (including phenoxy) is 2. The van der Waals surface area contributed by atoms with Crippen molar-refractivity contribution in [1.29, 1.82) is 0 Å². The Morgan fingerprint density at radius 1 is 0.980 bits per heavy atom. The largest absolute Gasteiger partial charge is 0.464 e. The molecule has 3 aromatic rings. The second-order valence-electron chi connectivity index (χ2n) is 12.9. The van der Waals surface area contributed by atoms with E-state index in [2.05, 4.69) is 4.98 Å². The Balaban J connectivity index is 1.65. The molecule has 0 saturated heterocycles. The van der Waals surface area contributed by atoms with Gasteiger partial charge in [-0.2, -0.15) is 4.98 Å².